The zero-order chi connectivity index (χ0) is 9.97. The Bertz CT molecular complexity index is 519. The van der Waals surface area contributed by atoms with Crippen LogP contribution in [0.3, 0.4) is 0 Å². The van der Waals surface area contributed by atoms with Crippen molar-refractivity contribution in [1.82, 2.24) is 0 Å². The summed E-state index contributed by atoms with van der Waals surface area (Å²) in [6.07, 6.45) is 3.90. The number of pyridine rings is 1. The van der Waals surface area contributed by atoms with Gasteiger partial charge < -0.3 is 24.0 Å². The average molecular weight is 375 g/mol. The minimum absolute atomic E-state index is 0. The molecule has 15 heavy (non-hydrogen) atoms. The molecule has 0 aliphatic carbocycles. The van der Waals surface area contributed by atoms with Crippen LogP contribution in [-0.4, -0.2) is 0 Å². The molecule has 2 rings (SSSR count). The molecule has 0 spiro atoms. The quantitative estimate of drug-likeness (QED) is 0.484. The third-order valence-electron chi connectivity index (χ3n) is 2.06. The van der Waals surface area contributed by atoms with Crippen molar-refractivity contribution in [3.05, 3.63) is 41.1 Å². The lowest BCUT2D eigenvalue weighted by atomic mass is 10.2. The fourth-order valence-corrected chi connectivity index (χ4v) is 2.06. The monoisotopic (exact) mass is 374 g/mol. The van der Waals surface area contributed by atoms with E-state index in [1.807, 2.05) is 35.2 Å². The number of aromatic nitrogens is 1. The van der Waals surface area contributed by atoms with Crippen LogP contribution in [0.25, 0.3) is 10.8 Å². The summed E-state index contributed by atoms with van der Waals surface area (Å²) < 4.78 is 2.89. The van der Waals surface area contributed by atoms with E-state index in [0.717, 1.165) is 9.86 Å². The van der Waals surface area contributed by atoms with Crippen LogP contribution < -0.4 is 28.5 Å². The van der Waals surface area contributed by atoms with Crippen molar-refractivity contribution in [3.8, 4) is 6.07 Å². The maximum Gasteiger partial charge on any atom is 0.233 e. The van der Waals surface area contributed by atoms with Gasteiger partial charge in [-0.25, -0.2) is 0 Å². The molecule has 1 aromatic carbocycles. The van der Waals surface area contributed by atoms with Crippen LogP contribution in [0.15, 0.2) is 41.1 Å². The first-order valence-electron chi connectivity index (χ1n) is 4.25. The van der Waals surface area contributed by atoms with Gasteiger partial charge in [-0.15, -0.1) is 0 Å². The van der Waals surface area contributed by atoms with E-state index in [0.29, 0.717) is 6.54 Å². The van der Waals surface area contributed by atoms with Gasteiger partial charge in [0, 0.05) is 10.8 Å². The Hall–Kier alpha value is -0.670. The van der Waals surface area contributed by atoms with Crippen molar-refractivity contribution in [1.29, 1.82) is 5.26 Å². The molecule has 0 saturated heterocycles. The molecular formula is C11H8BrIN2. The first kappa shape index (κ1) is 12.4. The summed E-state index contributed by atoms with van der Waals surface area (Å²) >= 11 is 3.49. The lowest BCUT2D eigenvalue weighted by Gasteiger charge is -1.98. The Morgan fingerprint density at radius 1 is 1.27 bits per heavy atom. The van der Waals surface area contributed by atoms with Gasteiger partial charge in [0.2, 0.25) is 6.54 Å². The molecule has 0 radical (unpaired) electrons. The molecule has 2 aromatic rings. The standard InChI is InChI=1S/C11H8BrN2.HI/c12-11-8-14(6-5-13)7-9-3-1-2-4-10(9)11;/h1-4,7-8H,6H2;1H/q+1;/p-1. The zero-order valence-corrected chi connectivity index (χ0v) is 11.6. The predicted molar refractivity (Wildman–Crippen MR) is 57.5 cm³/mol. The Kier molecular flexibility index (Phi) is 4.48. The average Bonchev–Trinajstić information content (AvgIpc) is 2.18. The number of hydrogen-bond acceptors (Lipinski definition) is 1. The second kappa shape index (κ2) is 5.42. The summed E-state index contributed by atoms with van der Waals surface area (Å²) in [6, 6.07) is 10.2. The summed E-state index contributed by atoms with van der Waals surface area (Å²) in [5.74, 6) is 0. The summed E-state index contributed by atoms with van der Waals surface area (Å²) in [4.78, 5) is 0. The van der Waals surface area contributed by atoms with E-state index in [9.17, 15) is 0 Å². The lowest BCUT2D eigenvalue weighted by Crippen LogP contribution is -3.00. The van der Waals surface area contributed by atoms with Crippen LogP contribution >= 0.6 is 15.9 Å². The van der Waals surface area contributed by atoms with Crippen LogP contribution in [0, 0.1) is 11.3 Å². The normalized spacial score (nSPS) is 9.33. The third-order valence-corrected chi connectivity index (χ3v) is 2.69. The second-order valence-electron chi connectivity index (χ2n) is 3.02. The molecule has 2 nitrogen and oxygen atoms in total. The fourth-order valence-electron chi connectivity index (χ4n) is 1.43. The van der Waals surface area contributed by atoms with Gasteiger partial charge >= 0.3 is 0 Å². The van der Waals surface area contributed by atoms with E-state index in [4.69, 9.17) is 5.26 Å². The highest BCUT2D eigenvalue weighted by molar-refractivity contribution is 9.10. The number of rotatable bonds is 1. The van der Waals surface area contributed by atoms with Gasteiger partial charge in [0.1, 0.15) is 6.07 Å². The molecule has 1 aromatic heterocycles. The molecule has 0 bridgehead atoms. The number of halogens is 2. The van der Waals surface area contributed by atoms with Gasteiger partial charge in [0.25, 0.3) is 0 Å². The highest BCUT2D eigenvalue weighted by atomic mass is 127. The second-order valence-corrected chi connectivity index (χ2v) is 3.88. The summed E-state index contributed by atoms with van der Waals surface area (Å²) in [5.41, 5.74) is 0. The van der Waals surface area contributed by atoms with Gasteiger partial charge in [-0.05, 0) is 22.0 Å². The van der Waals surface area contributed by atoms with Gasteiger partial charge in [-0.2, -0.15) is 9.83 Å². The highest BCUT2D eigenvalue weighted by Gasteiger charge is 2.06. The van der Waals surface area contributed by atoms with E-state index in [2.05, 4.69) is 28.1 Å². The summed E-state index contributed by atoms with van der Waals surface area (Å²) in [5, 5.41) is 10.9. The van der Waals surface area contributed by atoms with Crippen molar-refractivity contribution in [2.75, 3.05) is 0 Å². The van der Waals surface area contributed by atoms with Gasteiger partial charge in [-0.1, -0.05) is 18.2 Å². The molecule has 0 amide bonds. The van der Waals surface area contributed by atoms with E-state index in [1.165, 1.54) is 5.39 Å². The molecule has 4 heteroatoms. The van der Waals surface area contributed by atoms with Crippen LogP contribution in [0.1, 0.15) is 0 Å². The fraction of sp³-hybridized carbons (Fsp3) is 0.0909. The first-order valence-corrected chi connectivity index (χ1v) is 5.05. The van der Waals surface area contributed by atoms with Crippen molar-refractivity contribution >= 4 is 26.7 Å². The minimum Gasteiger partial charge on any atom is -1.00 e. The zero-order valence-electron chi connectivity index (χ0n) is 7.82. The third kappa shape index (κ3) is 2.67. The number of nitriles is 1. The van der Waals surface area contributed by atoms with E-state index < -0.39 is 0 Å². The van der Waals surface area contributed by atoms with Gasteiger partial charge in [-0.3, -0.25) is 0 Å². The SMILES string of the molecule is N#CC[n+]1cc(Br)c2ccccc2c1.[I-]. The first-order chi connectivity index (χ1) is 6.81. The van der Waals surface area contributed by atoms with Crippen LogP contribution in [0.4, 0.5) is 0 Å². The molecule has 0 fully saturated rings. The number of nitrogens with zero attached hydrogens (tertiary/aromatic N) is 2. The minimum atomic E-state index is 0. The highest BCUT2D eigenvalue weighted by Crippen LogP contribution is 2.20. The predicted octanol–water partition coefficient (Wildman–Crippen LogP) is -0.583. The summed E-state index contributed by atoms with van der Waals surface area (Å²) in [7, 11) is 0. The van der Waals surface area contributed by atoms with Crippen LogP contribution in [-0.2, 0) is 6.54 Å². The lowest BCUT2D eigenvalue weighted by molar-refractivity contribution is -0.684. The Morgan fingerprint density at radius 2 is 2.00 bits per heavy atom. The van der Waals surface area contributed by atoms with Crippen molar-refractivity contribution in [3.63, 3.8) is 0 Å². The smallest absolute Gasteiger partial charge is 0.233 e. The summed E-state index contributed by atoms with van der Waals surface area (Å²) in [6.45, 7) is 0.378. The molecule has 0 aliphatic heterocycles. The molecular weight excluding hydrogens is 367 g/mol. The maximum atomic E-state index is 8.60. The van der Waals surface area contributed by atoms with Gasteiger partial charge in [0.15, 0.2) is 12.4 Å². The van der Waals surface area contributed by atoms with Gasteiger partial charge in [0.05, 0.1) is 4.47 Å². The molecule has 0 saturated carbocycles. The van der Waals surface area contributed by atoms with Crippen molar-refractivity contribution in [2.45, 2.75) is 6.54 Å². The topological polar surface area (TPSA) is 27.7 Å². The molecule has 1 heterocycles. The molecule has 0 aliphatic rings. The Balaban J connectivity index is 0.00000112. The van der Waals surface area contributed by atoms with Crippen molar-refractivity contribution in [2.24, 2.45) is 0 Å². The largest absolute Gasteiger partial charge is 1.00 e. The van der Waals surface area contributed by atoms with E-state index >= 15 is 0 Å². The van der Waals surface area contributed by atoms with E-state index in [1.54, 1.807) is 0 Å². The Labute approximate surface area is 114 Å². The number of benzene rings is 1. The number of hydrogen-bond donors (Lipinski definition) is 0. The number of fused-ring (bicyclic) bond motifs is 1. The molecule has 0 unspecified atom stereocenters. The Morgan fingerprint density at radius 3 is 2.73 bits per heavy atom. The van der Waals surface area contributed by atoms with E-state index in [-0.39, 0.29) is 24.0 Å². The molecule has 0 N–H and O–H groups in total. The molecule has 0 atom stereocenters. The molecule has 76 valence electrons. The van der Waals surface area contributed by atoms with Crippen LogP contribution in [0.5, 0.6) is 0 Å². The van der Waals surface area contributed by atoms with Crippen LogP contribution in [0.2, 0.25) is 0 Å². The maximum absolute atomic E-state index is 8.60. The van der Waals surface area contributed by atoms with Crippen molar-refractivity contribution < 1.29 is 28.5 Å².